The lowest BCUT2D eigenvalue weighted by molar-refractivity contribution is -0.147. The Morgan fingerprint density at radius 3 is 2.12 bits per heavy atom. The van der Waals surface area contributed by atoms with Gasteiger partial charge in [-0.05, 0) is 27.2 Å². The van der Waals surface area contributed by atoms with E-state index in [2.05, 4.69) is 5.32 Å². The molecule has 0 aliphatic carbocycles. The molecule has 5 nitrogen and oxygen atoms in total. The smallest absolute Gasteiger partial charge is 0.329 e. The van der Waals surface area contributed by atoms with Crippen molar-refractivity contribution in [2.45, 2.75) is 51.7 Å². The largest absolute Gasteiger partial charge is 0.480 e. The molecule has 0 bridgehead atoms. The number of hydrogen-bond acceptors (Lipinski definition) is 3. The van der Waals surface area contributed by atoms with E-state index in [0.717, 1.165) is 0 Å². The highest BCUT2D eigenvalue weighted by atomic mass is 16.5. The van der Waals surface area contributed by atoms with Crippen LogP contribution in [0.1, 0.15) is 40.5 Å². The van der Waals surface area contributed by atoms with Gasteiger partial charge in [0.25, 0.3) is 0 Å². The van der Waals surface area contributed by atoms with Crippen LogP contribution in [-0.2, 0) is 14.3 Å². The van der Waals surface area contributed by atoms with Gasteiger partial charge in [-0.1, -0.05) is 6.92 Å². The van der Waals surface area contributed by atoms with Gasteiger partial charge < -0.3 is 15.2 Å². The Balaban J connectivity index is 4.50. The van der Waals surface area contributed by atoms with Crippen LogP contribution in [0, 0.1) is 0 Å². The molecule has 5 heteroatoms. The van der Waals surface area contributed by atoms with E-state index in [1.165, 1.54) is 14.0 Å². The minimum absolute atomic E-state index is 0.131. The maximum Gasteiger partial charge on any atom is 0.329 e. The molecule has 0 aromatic rings. The minimum Gasteiger partial charge on any atom is -0.480 e. The number of carbonyl (C=O) groups is 2. The number of hydrogen-bond donors (Lipinski definition) is 2. The van der Waals surface area contributed by atoms with E-state index in [9.17, 15) is 9.59 Å². The molecule has 0 rings (SSSR count). The molecule has 0 spiro atoms. The number of carboxylic acid groups (broad SMARTS) is 1. The Hall–Kier alpha value is -1.10. The third-order valence-corrected chi connectivity index (χ3v) is 2.73. The molecule has 1 atom stereocenters. The molecule has 0 radical (unpaired) electrons. The molecule has 1 unspecified atom stereocenters. The van der Waals surface area contributed by atoms with Crippen LogP contribution < -0.4 is 5.32 Å². The maximum absolute atomic E-state index is 11.6. The summed E-state index contributed by atoms with van der Waals surface area (Å²) in [5, 5.41) is 11.5. The van der Waals surface area contributed by atoms with Gasteiger partial charge in [0, 0.05) is 7.11 Å². The van der Waals surface area contributed by atoms with Crippen LogP contribution in [-0.4, -0.2) is 35.2 Å². The van der Waals surface area contributed by atoms with E-state index in [-0.39, 0.29) is 12.3 Å². The Labute approximate surface area is 96.2 Å². The van der Waals surface area contributed by atoms with Gasteiger partial charge in [-0.2, -0.15) is 0 Å². The fourth-order valence-corrected chi connectivity index (χ4v) is 1.10. The number of carbonyl (C=O) groups excluding carboxylic acids is 1. The summed E-state index contributed by atoms with van der Waals surface area (Å²) >= 11 is 0. The number of amides is 1. The van der Waals surface area contributed by atoms with Crippen molar-refractivity contribution in [1.82, 2.24) is 5.32 Å². The van der Waals surface area contributed by atoms with Crippen LogP contribution in [0.3, 0.4) is 0 Å². The number of methoxy groups -OCH3 is 1. The van der Waals surface area contributed by atoms with Crippen molar-refractivity contribution in [3.05, 3.63) is 0 Å². The Kier molecular flexibility index (Phi) is 4.93. The van der Waals surface area contributed by atoms with Crippen LogP contribution in [0.25, 0.3) is 0 Å². The second-order valence-electron chi connectivity index (χ2n) is 4.68. The van der Waals surface area contributed by atoms with E-state index in [4.69, 9.17) is 9.84 Å². The lowest BCUT2D eigenvalue weighted by Gasteiger charge is -2.28. The second kappa shape index (κ2) is 5.30. The third kappa shape index (κ3) is 4.18. The summed E-state index contributed by atoms with van der Waals surface area (Å²) in [6.45, 7) is 6.76. The monoisotopic (exact) mass is 231 g/mol. The van der Waals surface area contributed by atoms with Crippen molar-refractivity contribution in [3.63, 3.8) is 0 Å². The zero-order valence-corrected chi connectivity index (χ0v) is 10.6. The molecule has 0 saturated carbocycles. The van der Waals surface area contributed by atoms with Gasteiger partial charge in [0.15, 0.2) is 0 Å². The van der Waals surface area contributed by atoms with E-state index < -0.39 is 17.1 Å². The lowest BCUT2D eigenvalue weighted by atomic mass is 9.97. The minimum atomic E-state index is -1.21. The molecule has 1 amide bonds. The first-order chi connectivity index (χ1) is 7.17. The average Bonchev–Trinajstić information content (AvgIpc) is 2.16. The second-order valence-corrected chi connectivity index (χ2v) is 4.68. The first-order valence-electron chi connectivity index (χ1n) is 5.26. The van der Waals surface area contributed by atoms with Gasteiger partial charge in [0.1, 0.15) is 5.54 Å². The van der Waals surface area contributed by atoms with Crippen LogP contribution in [0.2, 0.25) is 0 Å². The Morgan fingerprint density at radius 2 is 1.81 bits per heavy atom. The molecule has 0 heterocycles. The zero-order chi connectivity index (χ0) is 13.0. The van der Waals surface area contributed by atoms with Crippen molar-refractivity contribution in [2.75, 3.05) is 7.11 Å². The molecular formula is C11H21NO4. The van der Waals surface area contributed by atoms with E-state index in [1.807, 2.05) is 0 Å². The van der Waals surface area contributed by atoms with Gasteiger partial charge in [-0.25, -0.2) is 4.79 Å². The molecule has 0 saturated heterocycles. The highest BCUT2D eigenvalue weighted by Gasteiger charge is 2.34. The summed E-state index contributed by atoms with van der Waals surface area (Å²) < 4.78 is 5.11. The average molecular weight is 231 g/mol. The predicted molar refractivity (Wildman–Crippen MR) is 60.2 cm³/mol. The summed E-state index contributed by atoms with van der Waals surface area (Å²) in [5.41, 5.74) is -1.79. The molecule has 0 aliphatic heterocycles. The van der Waals surface area contributed by atoms with Gasteiger partial charge >= 0.3 is 5.97 Å². The number of ether oxygens (including phenoxy) is 1. The molecule has 2 N–H and O–H groups in total. The topological polar surface area (TPSA) is 75.6 Å². The summed E-state index contributed by atoms with van der Waals surface area (Å²) in [5.74, 6) is -1.35. The van der Waals surface area contributed by atoms with Crippen molar-refractivity contribution < 1.29 is 19.4 Å². The Bertz CT molecular complexity index is 275. The van der Waals surface area contributed by atoms with Crippen LogP contribution in [0.5, 0.6) is 0 Å². The van der Waals surface area contributed by atoms with E-state index >= 15 is 0 Å². The van der Waals surface area contributed by atoms with Crippen LogP contribution in [0.15, 0.2) is 0 Å². The summed E-state index contributed by atoms with van der Waals surface area (Å²) in [6, 6.07) is 0. The molecule has 0 aromatic heterocycles. The first-order valence-corrected chi connectivity index (χ1v) is 5.26. The van der Waals surface area contributed by atoms with Gasteiger partial charge in [-0.15, -0.1) is 0 Å². The van der Waals surface area contributed by atoms with Gasteiger partial charge in [0.05, 0.1) is 12.0 Å². The number of rotatable bonds is 6. The quantitative estimate of drug-likeness (QED) is 0.719. The third-order valence-electron chi connectivity index (χ3n) is 2.73. The fourth-order valence-electron chi connectivity index (χ4n) is 1.10. The molecule has 94 valence electrons. The highest BCUT2D eigenvalue weighted by molar-refractivity contribution is 5.86. The van der Waals surface area contributed by atoms with Crippen LogP contribution in [0.4, 0.5) is 0 Å². The fraction of sp³-hybridized carbons (Fsp3) is 0.818. The van der Waals surface area contributed by atoms with E-state index in [0.29, 0.717) is 6.42 Å². The molecule has 0 fully saturated rings. The highest BCUT2D eigenvalue weighted by Crippen LogP contribution is 2.15. The van der Waals surface area contributed by atoms with Crippen molar-refractivity contribution in [3.8, 4) is 0 Å². The summed E-state index contributed by atoms with van der Waals surface area (Å²) in [7, 11) is 1.52. The number of carboxylic acids is 1. The van der Waals surface area contributed by atoms with Crippen LogP contribution >= 0.6 is 0 Å². The summed E-state index contributed by atoms with van der Waals surface area (Å²) in [4.78, 5) is 22.6. The predicted octanol–water partition coefficient (Wildman–Crippen LogP) is 1.17. The number of nitrogens with one attached hydrogen (secondary N) is 1. The molecule has 0 aromatic carbocycles. The van der Waals surface area contributed by atoms with Crippen molar-refractivity contribution in [2.24, 2.45) is 0 Å². The first kappa shape index (κ1) is 14.9. The van der Waals surface area contributed by atoms with Gasteiger partial charge in [-0.3, -0.25) is 4.79 Å². The van der Waals surface area contributed by atoms with Crippen molar-refractivity contribution in [1.29, 1.82) is 0 Å². The Morgan fingerprint density at radius 1 is 1.31 bits per heavy atom. The molecule has 16 heavy (non-hydrogen) atoms. The number of aliphatic carboxylic acids is 1. The van der Waals surface area contributed by atoms with E-state index in [1.54, 1.807) is 20.8 Å². The maximum atomic E-state index is 11.6. The molecule has 0 aliphatic rings. The SMILES string of the molecule is CCC(C)(NC(=O)CC(C)(C)OC)C(=O)O. The van der Waals surface area contributed by atoms with Gasteiger partial charge in [0.2, 0.25) is 5.91 Å². The standard InChI is InChI=1S/C11H21NO4/c1-6-11(4,9(14)15)12-8(13)7-10(2,3)16-5/h6-7H2,1-5H3,(H,12,13)(H,14,15). The molecular weight excluding hydrogens is 210 g/mol. The normalized spacial score (nSPS) is 15.3. The zero-order valence-electron chi connectivity index (χ0n) is 10.6. The van der Waals surface area contributed by atoms with Crippen molar-refractivity contribution >= 4 is 11.9 Å². The lowest BCUT2D eigenvalue weighted by Crippen LogP contribution is -2.52. The summed E-state index contributed by atoms with van der Waals surface area (Å²) in [6.07, 6.45) is 0.466.